The van der Waals surface area contributed by atoms with Gasteiger partial charge in [-0.1, -0.05) is 25.5 Å². The first-order valence-corrected chi connectivity index (χ1v) is 14.8. The number of nitriles is 1. The number of hydrogen-bond acceptors (Lipinski definition) is 7. The molecule has 0 bridgehead atoms. The van der Waals surface area contributed by atoms with Crippen LogP contribution < -0.4 is 10.2 Å². The molecule has 1 N–H and O–H groups in total. The summed E-state index contributed by atoms with van der Waals surface area (Å²) in [5.41, 5.74) is -0.551. The Labute approximate surface area is 232 Å². The highest BCUT2D eigenvalue weighted by atomic mass is 32.5. The predicted molar refractivity (Wildman–Crippen MR) is 138 cm³/mol. The molecule has 1 aliphatic carbocycles. The summed E-state index contributed by atoms with van der Waals surface area (Å²) in [5.74, 6) is -1.35. The van der Waals surface area contributed by atoms with Crippen molar-refractivity contribution in [3.63, 3.8) is 0 Å². The van der Waals surface area contributed by atoms with Gasteiger partial charge in [-0.25, -0.2) is 0 Å². The fourth-order valence-corrected chi connectivity index (χ4v) is 5.99. The molecule has 5 rings (SSSR count). The number of benzene rings is 1. The summed E-state index contributed by atoms with van der Waals surface area (Å²) in [4.78, 5) is 32.2. The number of pyridine rings is 1. The molecule has 0 spiro atoms. The number of carbonyl (C=O) groups excluding carboxylic acids is 2. The zero-order valence-corrected chi connectivity index (χ0v) is 22.7. The van der Waals surface area contributed by atoms with Crippen LogP contribution in [0.4, 0.5) is 25.1 Å². The maximum Gasteiger partial charge on any atom is 0.310 e. The van der Waals surface area contributed by atoms with Crippen molar-refractivity contribution in [3.8, 4) is 6.19 Å². The molecule has 222 valence electrons. The Bertz CT molecular complexity index is 1370. The first-order valence-electron chi connectivity index (χ1n) is 12.8. The molecule has 3 atom stereocenters. The van der Waals surface area contributed by atoms with E-state index < -0.39 is 50.7 Å². The van der Waals surface area contributed by atoms with Gasteiger partial charge in [0.05, 0.1) is 25.9 Å². The molecule has 1 aromatic carbocycles. The number of nitrogens with one attached hydrogen (secondary N) is 1. The van der Waals surface area contributed by atoms with E-state index in [9.17, 15) is 34.3 Å². The van der Waals surface area contributed by atoms with E-state index >= 15 is 0 Å². The minimum atomic E-state index is -10.0. The number of halogens is 5. The summed E-state index contributed by atoms with van der Waals surface area (Å²) in [5, 5.41) is 12.7. The van der Waals surface area contributed by atoms with Gasteiger partial charge in [0.15, 0.2) is 6.19 Å². The van der Waals surface area contributed by atoms with Gasteiger partial charge < -0.3 is 14.8 Å². The van der Waals surface area contributed by atoms with Crippen molar-refractivity contribution >= 4 is 27.7 Å². The maximum atomic E-state index is 14.2. The van der Waals surface area contributed by atoms with E-state index in [1.165, 1.54) is 36.5 Å². The second kappa shape index (κ2) is 9.53. The molecular formula is C26H28F5N5O4S. The van der Waals surface area contributed by atoms with E-state index in [2.05, 4.69) is 10.3 Å². The number of hydrogen-bond donors (Lipinski definition) is 1. The molecule has 2 aliphatic heterocycles. The van der Waals surface area contributed by atoms with Crippen LogP contribution in [0.3, 0.4) is 0 Å². The number of likely N-dealkylation sites (tertiary alicyclic amines) is 1. The van der Waals surface area contributed by atoms with Gasteiger partial charge in [0.2, 0.25) is 5.91 Å². The number of methoxy groups -OCH3 is 1. The monoisotopic (exact) mass is 601 g/mol. The molecule has 15 heteroatoms. The molecule has 3 fully saturated rings. The zero-order valence-electron chi connectivity index (χ0n) is 21.9. The van der Waals surface area contributed by atoms with Crippen molar-refractivity contribution in [2.24, 2.45) is 5.92 Å². The van der Waals surface area contributed by atoms with Gasteiger partial charge in [0, 0.05) is 48.6 Å². The van der Waals surface area contributed by atoms with Crippen molar-refractivity contribution in [2.75, 3.05) is 31.8 Å². The van der Waals surface area contributed by atoms with Gasteiger partial charge in [0.1, 0.15) is 17.0 Å². The van der Waals surface area contributed by atoms with Crippen molar-refractivity contribution in [2.45, 2.75) is 47.9 Å². The third-order valence-electron chi connectivity index (χ3n) is 7.89. The van der Waals surface area contributed by atoms with Crippen molar-refractivity contribution < 1.29 is 38.5 Å². The van der Waals surface area contributed by atoms with Gasteiger partial charge in [-0.2, -0.15) is 5.26 Å². The van der Waals surface area contributed by atoms with Crippen molar-refractivity contribution in [1.82, 2.24) is 15.2 Å². The Morgan fingerprint density at radius 3 is 2.37 bits per heavy atom. The van der Waals surface area contributed by atoms with E-state index in [4.69, 9.17) is 9.47 Å². The molecule has 0 radical (unpaired) electrons. The average molecular weight is 602 g/mol. The highest BCUT2D eigenvalue weighted by Gasteiger charge is 2.65. The Hall–Kier alpha value is -3.48. The smallest absolute Gasteiger partial charge is 0.310 e. The molecule has 2 aromatic rings. The summed E-state index contributed by atoms with van der Waals surface area (Å²) in [6.45, 7) is 0.983. The first kappa shape index (κ1) is 29.0. The quantitative estimate of drug-likeness (QED) is 0.329. The van der Waals surface area contributed by atoms with E-state index in [0.29, 0.717) is 26.1 Å². The van der Waals surface area contributed by atoms with Crippen LogP contribution in [0.15, 0.2) is 53.7 Å². The van der Waals surface area contributed by atoms with Crippen molar-refractivity contribution in [1.29, 1.82) is 5.26 Å². The van der Waals surface area contributed by atoms with Crippen LogP contribution in [0, 0.1) is 17.4 Å². The minimum absolute atomic E-state index is 0.0632. The number of amides is 2. The predicted octanol–water partition coefficient (Wildman–Crippen LogP) is 4.68. The van der Waals surface area contributed by atoms with Gasteiger partial charge in [-0.05, 0) is 43.2 Å². The standard InChI is InChI=1S/C26H28F5N5O4S/c1-39-20-11-22(35(13-20)16-32)25(38)36(19-4-6-21(7-5-19)41(27,28,29,30)31)23(17-3-2-10-33-12-17)24(37)34-26(8-9-26)18-14-40-15-18/h2-7,10,12,18,20,22-23H,8-9,11,13-15H2,1H3,(H,34,37). The molecule has 9 nitrogen and oxygen atoms in total. The van der Waals surface area contributed by atoms with Gasteiger partial charge in [-0.3, -0.25) is 24.4 Å². The molecule has 2 amide bonds. The lowest BCUT2D eigenvalue weighted by Gasteiger charge is -2.41. The second-order valence-corrected chi connectivity index (χ2v) is 13.0. The third-order valence-corrected chi connectivity index (χ3v) is 9.06. The lowest BCUT2D eigenvalue weighted by Crippen LogP contribution is -2.55. The Morgan fingerprint density at radius 2 is 1.88 bits per heavy atom. The van der Waals surface area contributed by atoms with Gasteiger partial charge in [-0.15, -0.1) is 0 Å². The highest BCUT2D eigenvalue weighted by molar-refractivity contribution is 8.45. The Kier molecular flexibility index (Phi) is 6.75. The summed E-state index contributed by atoms with van der Waals surface area (Å²) in [7, 11) is -8.60. The van der Waals surface area contributed by atoms with E-state index in [-0.39, 0.29) is 42.3 Å². The first-order chi connectivity index (χ1) is 19.2. The topological polar surface area (TPSA) is 108 Å². The number of carbonyl (C=O) groups is 2. The third kappa shape index (κ3) is 5.81. The lowest BCUT2D eigenvalue weighted by atomic mass is 9.94. The molecule has 2 saturated heterocycles. The Morgan fingerprint density at radius 1 is 1.20 bits per heavy atom. The summed E-state index contributed by atoms with van der Waals surface area (Å²) < 4.78 is 78.1. The molecule has 3 heterocycles. The van der Waals surface area contributed by atoms with Gasteiger partial charge >= 0.3 is 10.2 Å². The normalized spacial score (nSPS) is 24.3. The number of ether oxygens (including phenoxy) is 2. The summed E-state index contributed by atoms with van der Waals surface area (Å²) in [6.07, 6.45) is 5.64. The summed E-state index contributed by atoms with van der Waals surface area (Å²) in [6, 6.07) is 2.34. The molecule has 3 unspecified atom stereocenters. The average Bonchev–Trinajstić information content (AvgIpc) is 3.50. The fourth-order valence-electron chi connectivity index (χ4n) is 5.33. The molecule has 1 saturated carbocycles. The van der Waals surface area contributed by atoms with Gasteiger partial charge in [0.25, 0.3) is 5.91 Å². The van der Waals surface area contributed by atoms with E-state index in [0.717, 1.165) is 17.0 Å². The number of aromatic nitrogens is 1. The summed E-state index contributed by atoms with van der Waals surface area (Å²) >= 11 is 0. The number of anilines is 1. The molecule has 41 heavy (non-hydrogen) atoms. The maximum absolute atomic E-state index is 14.2. The number of nitrogens with zero attached hydrogens (tertiary/aromatic N) is 4. The van der Waals surface area contributed by atoms with Crippen LogP contribution in [0.2, 0.25) is 0 Å². The van der Waals surface area contributed by atoms with Crippen LogP contribution in [0.25, 0.3) is 0 Å². The number of rotatable bonds is 9. The zero-order chi connectivity index (χ0) is 29.7. The fraction of sp³-hybridized carbons (Fsp3) is 0.462. The van der Waals surface area contributed by atoms with Crippen molar-refractivity contribution in [3.05, 3.63) is 54.4 Å². The molecular weight excluding hydrogens is 573 g/mol. The SMILES string of the molecule is COC1CC(C(=O)N(c2ccc(S(F)(F)(F)(F)F)cc2)C(C(=O)NC2(C3COC3)CC2)c2cccnc2)N(C#N)C1. The lowest BCUT2D eigenvalue weighted by molar-refractivity contribution is -0.130. The molecule has 1 aromatic heterocycles. The minimum Gasteiger partial charge on any atom is -0.381 e. The van der Waals surface area contributed by atoms with Crippen LogP contribution in [0.5, 0.6) is 0 Å². The van der Waals surface area contributed by atoms with Crippen LogP contribution in [-0.4, -0.2) is 66.3 Å². The van der Waals surface area contributed by atoms with Crippen LogP contribution >= 0.6 is 10.2 Å². The van der Waals surface area contributed by atoms with E-state index in [1.807, 2.05) is 6.19 Å². The largest absolute Gasteiger partial charge is 0.381 e. The highest BCUT2D eigenvalue weighted by Crippen LogP contribution is 3.02. The Balaban J connectivity index is 1.60. The van der Waals surface area contributed by atoms with E-state index in [1.54, 1.807) is 0 Å². The second-order valence-electron chi connectivity index (χ2n) is 10.6. The van der Waals surface area contributed by atoms with Crippen LogP contribution in [-0.2, 0) is 19.1 Å². The molecule has 3 aliphatic rings. The van der Waals surface area contributed by atoms with Crippen LogP contribution in [0.1, 0.15) is 30.9 Å².